The third-order valence-corrected chi connectivity index (χ3v) is 3.74. The number of urea groups is 1. The topological polar surface area (TPSA) is 70.6 Å². The van der Waals surface area contributed by atoms with Crippen LogP contribution in [-0.2, 0) is 17.9 Å². The van der Waals surface area contributed by atoms with Crippen molar-refractivity contribution in [1.29, 1.82) is 0 Å². The number of amides is 2. The molecule has 2 aromatic carbocycles. The van der Waals surface area contributed by atoms with E-state index in [4.69, 9.17) is 4.74 Å². The molecule has 2 rings (SSSR count). The number of rotatable bonds is 8. The summed E-state index contributed by atoms with van der Waals surface area (Å²) >= 11 is 0. The van der Waals surface area contributed by atoms with E-state index in [0.717, 1.165) is 11.1 Å². The normalized spacial score (nSPS) is 11.8. The van der Waals surface area contributed by atoms with Crippen molar-refractivity contribution in [3.05, 3.63) is 71.0 Å². The zero-order chi connectivity index (χ0) is 18.1. The van der Waals surface area contributed by atoms with Crippen molar-refractivity contribution in [3.63, 3.8) is 0 Å². The summed E-state index contributed by atoms with van der Waals surface area (Å²) in [4.78, 5) is 11.9. The van der Waals surface area contributed by atoms with Crippen molar-refractivity contribution in [2.24, 2.45) is 0 Å². The van der Waals surface area contributed by atoms with E-state index in [0.29, 0.717) is 19.8 Å². The molecule has 2 amide bonds. The van der Waals surface area contributed by atoms with E-state index in [1.807, 2.05) is 31.2 Å². The maximum absolute atomic E-state index is 13.6. The van der Waals surface area contributed by atoms with Gasteiger partial charge in [-0.25, -0.2) is 9.18 Å². The van der Waals surface area contributed by atoms with Crippen LogP contribution in [0.5, 0.6) is 0 Å². The summed E-state index contributed by atoms with van der Waals surface area (Å²) in [6.45, 7) is 3.30. The van der Waals surface area contributed by atoms with Gasteiger partial charge in [-0.15, -0.1) is 0 Å². The van der Waals surface area contributed by atoms with Crippen LogP contribution in [0.3, 0.4) is 0 Å². The number of nitrogens with one attached hydrogen (secondary N) is 2. The van der Waals surface area contributed by atoms with E-state index in [1.54, 1.807) is 12.1 Å². The van der Waals surface area contributed by atoms with Gasteiger partial charge in [-0.1, -0.05) is 42.5 Å². The number of ether oxygens (including phenoxy) is 1. The standard InChI is InChI=1S/C19H23FN2O3/c1-2-25-13-15-8-4-3-7-14(15)11-21-19(24)22-12-18(23)16-9-5-6-10-17(16)20/h3-10,18,23H,2,11-13H2,1H3,(H2,21,22,24). The molecular weight excluding hydrogens is 323 g/mol. The Morgan fingerprint density at radius 2 is 1.80 bits per heavy atom. The van der Waals surface area contributed by atoms with Crippen LogP contribution in [0, 0.1) is 5.82 Å². The highest BCUT2D eigenvalue weighted by atomic mass is 19.1. The number of hydrogen-bond acceptors (Lipinski definition) is 3. The number of halogens is 1. The van der Waals surface area contributed by atoms with Gasteiger partial charge >= 0.3 is 6.03 Å². The average molecular weight is 346 g/mol. The van der Waals surface area contributed by atoms with Gasteiger partial charge in [0.15, 0.2) is 0 Å². The minimum absolute atomic E-state index is 0.0760. The lowest BCUT2D eigenvalue weighted by molar-refractivity contribution is 0.133. The van der Waals surface area contributed by atoms with Gasteiger partial charge < -0.3 is 20.5 Å². The van der Waals surface area contributed by atoms with Gasteiger partial charge in [0.1, 0.15) is 5.82 Å². The molecule has 134 valence electrons. The molecule has 2 aromatic rings. The Bertz CT molecular complexity index is 694. The number of aliphatic hydroxyl groups excluding tert-OH is 1. The van der Waals surface area contributed by atoms with E-state index < -0.39 is 18.0 Å². The Balaban J connectivity index is 1.82. The molecular formula is C19H23FN2O3. The molecule has 0 heterocycles. The molecule has 5 nitrogen and oxygen atoms in total. The molecule has 1 atom stereocenters. The molecule has 0 aliphatic rings. The van der Waals surface area contributed by atoms with Crippen molar-refractivity contribution in [2.45, 2.75) is 26.2 Å². The fourth-order valence-electron chi connectivity index (χ4n) is 2.37. The summed E-state index contributed by atoms with van der Waals surface area (Å²) in [5.41, 5.74) is 2.13. The first-order valence-electron chi connectivity index (χ1n) is 8.20. The predicted molar refractivity (Wildman–Crippen MR) is 93.4 cm³/mol. The molecule has 3 N–H and O–H groups in total. The Hall–Kier alpha value is -2.44. The second-order valence-corrected chi connectivity index (χ2v) is 5.51. The lowest BCUT2D eigenvalue weighted by atomic mass is 10.1. The first-order chi connectivity index (χ1) is 12.1. The van der Waals surface area contributed by atoms with Crippen LogP contribution in [0.15, 0.2) is 48.5 Å². The van der Waals surface area contributed by atoms with Crippen LogP contribution in [0.2, 0.25) is 0 Å². The fourth-order valence-corrected chi connectivity index (χ4v) is 2.37. The molecule has 0 fully saturated rings. The molecule has 0 aliphatic carbocycles. The van der Waals surface area contributed by atoms with Crippen molar-refractivity contribution >= 4 is 6.03 Å². The minimum Gasteiger partial charge on any atom is -0.386 e. The number of carbonyl (C=O) groups is 1. The number of hydrogen-bond donors (Lipinski definition) is 3. The largest absolute Gasteiger partial charge is 0.386 e. The maximum atomic E-state index is 13.6. The highest BCUT2D eigenvalue weighted by Crippen LogP contribution is 2.15. The second kappa shape index (κ2) is 9.76. The molecule has 1 unspecified atom stereocenters. The van der Waals surface area contributed by atoms with Crippen LogP contribution in [0.4, 0.5) is 9.18 Å². The smallest absolute Gasteiger partial charge is 0.315 e. The van der Waals surface area contributed by atoms with Crippen LogP contribution in [0.1, 0.15) is 29.7 Å². The van der Waals surface area contributed by atoms with Crippen LogP contribution >= 0.6 is 0 Å². The Kier molecular flexibility index (Phi) is 7.37. The third kappa shape index (κ3) is 5.85. The molecule has 0 aliphatic heterocycles. The van der Waals surface area contributed by atoms with Gasteiger partial charge in [-0.2, -0.15) is 0 Å². The maximum Gasteiger partial charge on any atom is 0.315 e. The number of benzene rings is 2. The lowest BCUT2D eigenvalue weighted by Crippen LogP contribution is -2.37. The van der Waals surface area contributed by atoms with Gasteiger partial charge in [0.05, 0.1) is 12.7 Å². The summed E-state index contributed by atoms with van der Waals surface area (Å²) < 4.78 is 19.0. The monoisotopic (exact) mass is 346 g/mol. The summed E-state index contributed by atoms with van der Waals surface area (Å²) in [6, 6.07) is 13.2. The molecule has 0 radical (unpaired) electrons. The number of carbonyl (C=O) groups excluding carboxylic acids is 1. The summed E-state index contributed by atoms with van der Waals surface area (Å²) in [6.07, 6.45) is -1.10. The van der Waals surface area contributed by atoms with E-state index in [-0.39, 0.29) is 12.1 Å². The quantitative estimate of drug-likeness (QED) is 0.688. The lowest BCUT2D eigenvalue weighted by Gasteiger charge is -2.14. The molecule has 0 saturated carbocycles. The Morgan fingerprint density at radius 3 is 2.52 bits per heavy atom. The van der Waals surface area contributed by atoms with Crippen LogP contribution in [-0.4, -0.2) is 24.3 Å². The summed E-state index contributed by atoms with van der Waals surface area (Å²) in [7, 11) is 0. The van der Waals surface area contributed by atoms with Crippen LogP contribution in [0.25, 0.3) is 0 Å². The molecule has 0 saturated heterocycles. The SMILES string of the molecule is CCOCc1ccccc1CNC(=O)NCC(O)c1ccccc1F. The van der Waals surface area contributed by atoms with Gasteiger partial charge in [-0.05, 0) is 24.1 Å². The Labute approximate surface area is 146 Å². The fraction of sp³-hybridized carbons (Fsp3) is 0.316. The molecule has 25 heavy (non-hydrogen) atoms. The molecule has 6 heteroatoms. The van der Waals surface area contributed by atoms with Crippen molar-refractivity contribution in [3.8, 4) is 0 Å². The van der Waals surface area contributed by atoms with E-state index in [9.17, 15) is 14.3 Å². The van der Waals surface area contributed by atoms with E-state index in [2.05, 4.69) is 10.6 Å². The molecule has 0 spiro atoms. The Morgan fingerprint density at radius 1 is 1.12 bits per heavy atom. The van der Waals surface area contributed by atoms with Gasteiger partial charge in [0.25, 0.3) is 0 Å². The van der Waals surface area contributed by atoms with Gasteiger partial charge in [0, 0.05) is 25.3 Å². The first kappa shape index (κ1) is 18.9. The zero-order valence-corrected chi connectivity index (χ0v) is 14.2. The van der Waals surface area contributed by atoms with Gasteiger partial charge in [-0.3, -0.25) is 0 Å². The van der Waals surface area contributed by atoms with E-state index >= 15 is 0 Å². The van der Waals surface area contributed by atoms with Crippen molar-refractivity contribution < 1.29 is 19.0 Å². The average Bonchev–Trinajstić information content (AvgIpc) is 2.63. The van der Waals surface area contributed by atoms with E-state index in [1.165, 1.54) is 12.1 Å². The zero-order valence-electron chi connectivity index (χ0n) is 14.2. The van der Waals surface area contributed by atoms with Crippen molar-refractivity contribution in [2.75, 3.05) is 13.2 Å². The highest BCUT2D eigenvalue weighted by Gasteiger charge is 2.13. The van der Waals surface area contributed by atoms with Gasteiger partial charge in [0.2, 0.25) is 0 Å². The molecule has 0 bridgehead atoms. The predicted octanol–water partition coefficient (Wildman–Crippen LogP) is 2.90. The number of aliphatic hydroxyl groups is 1. The molecule has 0 aromatic heterocycles. The van der Waals surface area contributed by atoms with Crippen molar-refractivity contribution in [1.82, 2.24) is 10.6 Å². The summed E-state index contributed by atoms with van der Waals surface area (Å²) in [5, 5.41) is 15.2. The first-order valence-corrected chi connectivity index (χ1v) is 8.20. The third-order valence-electron chi connectivity index (χ3n) is 3.74. The highest BCUT2D eigenvalue weighted by molar-refractivity contribution is 5.73. The summed E-state index contributed by atoms with van der Waals surface area (Å²) in [5.74, 6) is -0.498. The minimum atomic E-state index is -1.10. The second-order valence-electron chi connectivity index (χ2n) is 5.51. The van der Waals surface area contributed by atoms with Crippen LogP contribution < -0.4 is 10.6 Å².